The van der Waals surface area contributed by atoms with Crippen LogP contribution in [0.25, 0.3) is 16.9 Å². The Kier molecular flexibility index (Phi) is 4.46. The van der Waals surface area contributed by atoms with Gasteiger partial charge in [-0.1, -0.05) is 5.21 Å². The molecule has 0 aliphatic rings. The lowest BCUT2D eigenvalue weighted by molar-refractivity contribution is -0.144. The van der Waals surface area contributed by atoms with Crippen LogP contribution in [0.2, 0.25) is 0 Å². The molecule has 0 saturated heterocycles. The number of fused-ring (bicyclic) bond motifs is 1. The third kappa shape index (κ3) is 2.95. The van der Waals surface area contributed by atoms with E-state index in [1.54, 1.807) is 31.2 Å². The quantitative estimate of drug-likeness (QED) is 0.640. The molecule has 9 heteroatoms. The van der Waals surface area contributed by atoms with Crippen LogP contribution in [-0.2, 0) is 9.53 Å². The van der Waals surface area contributed by atoms with Gasteiger partial charge >= 0.3 is 5.97 Å². The summed E-state index contributed by atoms with van der Waals surface area (Å²) in [5, 5.41) is 7.92. The number of hydrogen-bond acceptors (Lipinski definition) is 7. The van der Waals surface area contributed by atoms with Crippen LogP contribution in [0, 0.1) is 0 Å². The van der Waals surface area contributed by atoms with Crippen molar-refractivity contribution in [1.82, 2.24) is 24.5 Å². The number of carbonyl (C=O) groups excluding carboxylic acids is 1. The summed E-state index contributed by atoms with van der Waals surface area (Å²) in [6.45, 7) is 4.03. The zero-order chi connectivity index (χ0) is 18.0. The van der Waals surface area contributed by atoms with E-state index in [0.717, 1.165) is 5.75 Å². The largest absolute Gasteiger partial charge is 0.494 e. The summed E-state index contributed by atoms with van der Waals surface area (Å²) in [6.07, 6.45) is 1.29. The van der Waals surface area contributed by atoms with Crippen LogP contribution >= 0.6 is 0 Å². The van der Waals surface area contributed by atoms with Crippen LogP contribution in [-0.4, -0.2) is 44.2 Å². The average Bonchev–Trinajstić information content (AvgIpc) is 3.07. The molecule has 0 N–H and O–H groups in total. The summed E-state index contributed by atoms with van der Waals surface area (Å²) < 4.78 is 12.7. The lowest BCUT2D eigenvalue weighted by Crippen LogP contribution is -2.29. The predicted octanol–water partition coefficient (Wildman–Crippen LogP) is 1.11. The second kappa shape index (κ2) is 6.71. The molecule has 3 rings (SSSR count). The summed E-state index contributed by atoms with van der Waals surface area (Å²) in [6, 6.07) is 6.39. The molecule has 1 aromatic carbocycles. The third-order valence-electron chi connectivity index (χ3n) is 3.74. The molecular formula is C16H17N5O4. The van der Waals surface area contributed by atoms with E-state index >= 15 is 0 Å². The highest BCUT2D eigenvalue weighted by molar-refractivity contribution is 5.75. The molecule has 1 atom stereocenters. The molecule has 0 amide bonds. The van der Waals surface area contributed by atoms with Crippen molar-refractivity contribution in [2.45, 2.75) is 19.9 Å². The maximum Gasteiger partial charge on any atom is 0.328 e. The van der Waals surface area contributed by atoms with Crippen molar-refractivity contribution in [3.8, 4) is 11.4 Å². The molecule has 130 valence electrons. The Morgan fingerprint density at radius 2 is 2.00 bits per heavy atom. The molecule has 0 saturated carbocycles. The highest BCUT2D eigenvalue weighted by atomic mass is 16.5. The Balaban J connectivity index is 2.04. The number of ether oxygens (including phenoxy) is 2. The molecule has 0 radical (unpaired) electrons. The lowest BCUT2D eigenvalue weighted by Gasteiger charge is -2.11. The summed E-state index contributed by atoms with van der Waals surface area (Å²) in [7, 11) is 1.26. The van der Waals surface area contributed by atoms with Crippen molar-refractivity contribution in [3.05, 3.63) is 40.9 Å². The molecule has 0 unspecified atom stereocenters. The number of aromatic nitrogens is 5. The minimum absolute atomic E-state index is 0.0761. The van der Waals surface area contributed by atoms with E-state index in [1.807, 2.05) is 6.92 Å². The van der Waals surface area contributed by atoms with Gasteiger partial charge in [0.15, 0.2) is 11.2 Å². The van der Waals surface area contributed by atoms with E-state index in [-0.39, 0.29) is 5.52 Å². The van der Waals surface area contributed by atoms with Gasteiger partial charge in [0.2, 0.25) is 0 Å². The zero-order valence-electron chi connectivity index (χ0n) is 14.0. The second-order valence-electron chi connectivity index (χ2n) is 5.26. The number of esters is 1. The van der Waals surface area contributed by atoms with Crippen molar-refractivity contribution < 1.29 is 14.3 Å². The van der Waals surface area contributed by atoms with Gasteiger partial charge in [0.1, 0.15) is 18.1 Å². The number of rotatable bonds is 5. The fraction of sp³-hybridized carbons (Fsp3) is 0.312. The molecule has 0 fully saturated rings. The monoisotopic (exact) mass is 343 g/mol. The second-order valence-corrected chi connectivity index (χ2v) is 5.26. The van der Waals surface area contributed by atoms with E-state index in [9.17, 15) is 9.59 Å². The third-order valence-corrected chi connectivity index (χ3v) is 3.74. The van der Waals surface area contributed by atoms with Gasteiger partial charge in [-0.15, -0.1) is 5.10 Å². The first-order valence-corrected chi connectivity index (χ1v) is 7.70. The average molecular weight is 343 g/mol. The number of benzene rings is 1. The molecule has 25 heavy (non-hydrogen) atoms. The zero-order valence-corrected chi connectivity index (χ0v) is 14.0. The van der Waals surface area contributed by atoms with E-state index in [2.05, 4.69) is 20.0 Å². The number of carbonyl (C=O) groups is 1. The standard InChI is InChI=1S/C16H17N5O4/c1-4-25-12-7-5-11(6-8-12)21-14-13(18-19-21)15(22)20(9-17-14)10(2)16(23)24-3/h5-10H,4H2,1-3H3/t10-/m1/s1. The fourth-order valence-corrected chi connectivity index (χ4v) is 2.41. The van der Waals surface area contributed by atoms with Crippen LogP contribution in [0.15, 0.2) is 35.4 Å². The highest BCUT2D eigenvalue weighted by Crippen LogP contribution is 2.17. The van der Waals surface area contributed by atoms with E-state index in [4.69, 9.17) is 4.74 Å². The smallest absolute Gasteiger partial charge is 0.328 e. The van der Waals surface area contributed by atoms with E-state index in [1.165, 1.54) is 22.7 Å². The molecule has 2 heterocycles. The van der Waals surface area contributed by atoms with Gasteiger partial charge in [0, 0.05) is 0 Å². The van der Waals surface area contributed by atoms with Gasteiger partial charge in [0.25, 0.3) is 5.56 Å². The van der Waals surface area contributed by atoms with Crippen LogP contribution in [0.4, 0.5) is 0 Å². The van der Waals surface area contributed by atoms with Crippen LogP contribution in [0.5, 0.6) is 5.75 Å². The van der Waals surface area contributed by atoms with Crippen LogP contribution < -0.4 is 10.3 Å². The molecule has 0 spiro atoms. The Labute approximate surface area is 142 Å². The van der Waals surface area contributed by atoms with Gasteiger partial charge in [-0.25, -0.2) is 9.78 Å². The maximum absolute atomic E-state index is 12.6. The normalized spacial score (nSPS) is 12.1. The molecule has 3 aromatic rings. The summed E-state index contributed by atoms with van der Waals surface area (Å²) in [5.74, 6) is 0.194. The first kappa shape index (κ1) is 16.6. The lowest BCUT2D eigenvalue weighted by atomic mass is 10.3. The molecule has 0 aliphatic heterocycles. The predicted molar refractivity (Wildman–Crippen MR) is 88.8 cm³/mol. The first-order chi connectivity index (χ1) is 12.1. The van der Waals surface area contributed by atoms with Gasteiger partial charge in [-0.2, -0.15) is 4.68 Å². The maximum atomic E-state index is 12.6. The Bertz CT molecular complexity index is 961. The summed E-state index contributed by atoms with van der Waals surface area (Å²) >= 11 is 0. The van der Waals surface area contributed by atoms with Crippen molar-refractivity contribution in [3.63, 3.8) is 0 Å². The molecule has 0 bridgehead atoms. The van der Waals surface area contributed by atoms with Crippen molar-refractivity contribution in [2.24, 2.45) is 0 Å². The van der Waals surface area contributed by atoms with Crippen LogP contribution in [0.1, 0.15) is 19.9 Å². The highest BCUT2D eigenvalue weighted by Gasteiger charge is 2.20. The number of methoxy groups -OCH3 is 1. The number of nitrogens with zero attached hydrogens (tertiary/aromatic N) is 5. The fourth-order valence-electron chi connectivity index (χ4n) is 2.41. The first-order valence-electron chi connectivity index (χ1n) is 7.70. The number of hydrogen-bond donors (Lipinski definition) is 0. The minimum atomic E-state index is -0.801. The van der Waals surface area contributed by atoms with Crippen molar-refractivity contribution in [2.75, 3.05) is 13.7 Å². The topological polar surface area (TPSA) is 101 Å². The van der Waals surface area contributed by atoms with Gasteiger partial charge in [-0.3, -0.25) is 9.36 Å². The molecular weight excluding hydrogens is 326 g/mol. The Hall–Kier alpha value is -3.23. The molecule has 2 aromatic heterocycles. The SMILES string of the molecule is CCOc1ccc(-n2nnc3c(=O)n([C@H](C)C(=O)OC)cnc32)cc1. The Morgan fingerprint density at radius 3 is 2.64 bits per heavy atom. The minimum Gasteiger partial charge on any atom is -0.494 e. The van der Waals surface area contributed by atoms with Gasteiger partial charge in [-0.05, 0) is 38.1 Å². The van der Waals surface area contributed by atoms with E-state index < -0.39 is 17.6 Å². The van der Waals surface area contributed by atoms with Crippen LogP contribution in [0.3, 0.4) is 0 Å². The molecule has 0 aliphatic carbocycles. The Morgan fingerprint density at radius 1 is 1.28 bits per heavy atom. The van der Waals surface area contributed by atoms with Gasteiger partial charge in [0.05, 0.1) is 19.4 Å². The van der Waals surface area contributed by atoms with Gasteiger partial charge < -0.3 is 9.47 Å². The summed E-state index contributed by atoms with van der Waals surface area (Å²) in [5.41, 5.74) is 0.617. The molecule has 9 nitrogen and oxygen atoms in total. The van der Waals surface area contributed by atoms with Crippen molar-refractivity contribution in [1.29, 1.82) is 0 Å². The summed E-state index contributed by atoms with van der Waals surface area (Å²) in [4.78, 5) is 28.4. The van der Waals surface area contributed by atoms with Crippen molar-refractivity contribution >= 4 is 17.1 Å². The van der Waals surface area contributed by atoms with E-state index in [0.29, 0.717) is 17.9 Å².